The first-order chi connectivity index (χ1) is 7.63. The Morgan fingerprint density at radius 3 is 2.75 bits per heavy atom. The van der Waals surface area contributed by atoms with Crippen LogP contribution in [-0.2, 0) is 21.8 Å². The van der Waals surface area contributed by atoms with Gasteiger partial charge in [-0.2, -0.15) is 5.26 Å². The van der Waals surface area contributed by atoms with E-state index in [1.807, 2.05) is 19.1 Å². The van der Waals surface area contributed by atoms with Crippen LogP contribution in [-0.4, -0.2) is 13.1 Å². The first-order valence-corrected chi connectivity index (χ1v) is 5.31. The fourth-order valence-electron chi connectivity index (χ4n) is 1.51. The molecule has 0 aliphatic heterocycles. The van der Waals surface area contributed by atoms with Crippen molar-refractivity contribution in [3.8, 4) is 6.07 Å². The van der Waals surface area contributed by atoms with Crippen molar-refractivity contribution in [2.75, 3.05) is 7.11 Å². The molecule has 4 heteroatoms. The van der Waals surface area contributed by atoms with Gasteiger partial charge >= 0.3 is 5.97 Å². The van der Waals surface area contributed by atoms with Crippen molar-refractivity contribution in [3.63, 3.8) is 0 Å². The Kier molecular flexibility index (Phi) is 4.33. The summed E-state index contributed by atoms with van der Waals surface area (Å²) in [6, 6.07) is 5.73. The van der Waals surface area contributed by atoms with Crippen LogP contribution in [0.15, 0.2) is 12.1 Å². The smallest absolute Gasteiger partial charge is 0.309 e. The number of rotatable bonds is 3. The monoisotopic (exact) mass is 237 g/mol. The van der Waals surface area contributed by atoms with Crippen molar-refractivity contribution >= 4 is 17.6 Å². The zero-order chi connectivity index (χ0) is 12.1. The third-order valence-electron chi connectivity index (χ3n) is 2.43. The highest BCUT2D eigenvalue weighted by atomic mass is 35.5. The predicted molar refractivity (Wildman–Crippen MR) is 61.2 cm³/mol. The molecule has 0 fully saturated rings. The summed E-state index contributed by atoms with van der Waals surface area (Å²) in [6.45, 7) is 1.84. The average Bonchev–Trinajstić information content (AvgIpc) is 2.30. The normalized spacial score (nSPS) is 9.62. The summed E-state index contributed by atoms with van der Waals surface area (Å²) >= 11 is 5.81. The molecular weight excluding hydrogens is 226 g/mol. The quantitative estimate of drug-likeness (QED) is 0.599. The molecule has 0 aliphatic rings. The lowest BCUT2D eigenvalue weighted by molar-refractivity contribution is -0.139. The maximum absolute atomic E-state index is 11.2. The number of benzene rings is 1. The molecule has 0 heterocycles. The lowest BCUT2D eigenvalue weighted by atomic mass is 9.97. The van der Waals surface area contributed by atoms with E-state index in [4.69, 9.17) is 16.9 Å². The first kappa shape index (κ1) is 12.5. The minimum absolute atomic E-state index is 0.146. The summed E-state index contributed by atoms with van der Waals surface area (Å²) in [4.78, 5) is 11.2. The van der Waals surface area contributed by atoms with Crippen LogP contribution in [0.3, 0.4) is 0 Å². The largest absolute Gasteiger partial charge is 0.469 e. The van der Waals surface area contributed by atoms with Gasteiger partial charge in [0.2, 0.25) is 0 Å². The molecule has 0 amide bonds. The number of hydrogen-bond donors (Lipinski definition) is 0. The van der Waals surface area contributed by atoms with Crippen molar-refractivity contribution in [1.82, 2.24) is 0 Å². The van der Waals surface area contributed by atoms with E-state index in [0.29, 0.717) is 5.56 Å². The molecule has 0 atom stereocenters. The molecule has 1 aromatic rings. The number of methoxy groups -OCH3 is 1. The van der Waals surface area contributed by atoms with Gasteiger partial charge in [0.1, 0.15) is 0 Å². The Morgan fingerprint density at radius 1 is 1.56 bits per heavy atom. The topological polar surface area (TPSA) is 50.1 Å². The van der Waals surface area contributed by atoms with E-state index in [2.05, 4.69) is 10.8 Å². The number of esters is 1. The third-order valence-corrected chi connectivity index (χ3v) is 2.69. The van der Waals surface area contributed by atoms with Gasteiger partial charge in [-0.15, -0.1) is 11.6 Å². The van der Waals surface area contributed by atoms with Crippen molar-refractivity contribution in [1.29, 1.82) is 5.26 Å². The molecule has 0 aliphatic carbocycles. The molecule has 0 N–H and O–H groups in total. The number of carbonyl (C=O) groups excluding carboxylic acids is 1. The maximum atomic E-state index is 11.2. The Balaban J connectivity index is 3.21. The van der Waals surface area contributed by atoms with E-state index in [9.17, 15) is 4.79 Å². The first-order valence-electron chi connectivity index (χ1n) is 4.78. The number of ether oxygens (including phenoxy) is 1. The molecule has 1 aromatic carbocycles. The summed E-state index contributed by atoms with van der Waals surface area (Å²) in [5, 5.41) is 9.02. The van der Waals surface area contributed by atoms with Gasteiger partial charge in [-0.25, -0.2) is 0 Å². The predicted octanol–water partition coefficient (Wildman–Crippen LogP) is 2.32. The van der Waals surface area contributed by atoms with Gasteiger partial charge in [0, 0.05) is 5.88 Å². The molecule has 3 nitrogen and oxygen atoms in total. The van der Waals surface area contributed by atoms with Crippen LogP contribution < -0.4 is 0 Å². The number of carbonyl (C=O) groups is 1. The lowest BCUT2D eigenvalue weighted by Crippen LogP contribution is -2.08. The van der Waals surface area contributed by atoms with Crippen molar-refractivity contribution in [2.24, 2.45) is 0 Å². The fourth-order valence-corrected chi connectivity index (χ4v) is 1.81. The summed E-state index contributed by atoms with van der Waals surface area (Å²) in [5.41, 5.74) is 2.89. The molecule has 0 spiro atoms. The minimum Gasteiger partial charge on any atom is -0.469 e. The van der Waals surface area contributed by atoms with Crippen LogP contribution in [0.5, 0.6) is 0 Å². The Labute approximate surface area is 99.6 Å². The van der Waals surface area contributed by atoms with Crippen LogP contribution in [0.1, 0.15) is 22.3 Å². The van der Waals surface area contributed by atoms with Crippen LogP contribution in [0.2, 0.25) is 0 Å². The standard InChI is InChI=1S/C12H12ClNO2/c1-8-3-4-9(5-12(15)16-2)10(6-13)11(8)7-14/h3-4H,5-6H2,1-2H3. The van der Waals surface area contributed by atoms with E-state index in [0.717, 1.165) is 16.7 Å². The van der Waals surface area contributed by atoms with Crippen LogP contribution in [0.25, 0.3) is 0 Å². The third kappa shape index (κ3) is 2.53. The highest BCUT2D eigenvalue weighted by Crippen LogP contribution is 2.21. The summed E-state index contributed by atoms with van der Waals surface area (Å²) in [7, 11) is 1.34. The molecule has 0 radical (unpaired) electrons. The molecule has 16 heavy (non-hydrogen) atoms. The Hall–Kier alpha value is -1.53. The van der Waals surface area contributed by atoms with Crippen LogP contribution >= 0.6 is 11.6 Å². The highest BCUT2D eigenvalue weighted by molar-refractivity contribution is 6.17. The van der Waals surface area contributed by atoms with E-state index in [1.165, 1.54) is 7.11 Å². The molecule has 0 saturated heterocycles. The van der Waals surface area contributed by atoms with Crippen molar-refractivity contribution in [3.05, 3.63) is 34.4 Å². The molecular formula is C12H12ClNO2. The Bertz CT molecular complexity index is 449. The fraction of sp³-hybridized carbons (Fsp3) is 0.333. The summed E-state index contributed by atoms with van der Waals surface area (Å²) in [6.07, 6.45) is 0.146. The van der Waals surface area contributed by atoms with Gasteiger partial charge in [-0.3, -0.25) is 4.79 Å². The minimum atomic E-state index is -0.334. The van der Waals surface area contributed by atoms with Gasteiger partial charge in [0.15, 0.2) is 0 Å². The van der Waals surface area contributed by atoms with Crippen molar-refractivity contribution in [2.45, 2.75) is 19.2 Å². The number of halogens is 1. The lowest BCUT2D eigenvalue weighted by Gasteiger charge is -2.10. The second kappa shape index (κ2) is 5.53. The Morgan fingerprint density at radius 2 is 2.25 bits per heavy atom. The van der Waals surface area contributed by atoms with E-state index in [-0.39, 0.29) is 18.3 Å². The molecule has 0 bridgehead atoms. The maximum Gasteiger partial charge on any atom is 0.309 e. The number of alkyl halides is 1. The van der Waals surface area contributed by atoms with E-state index >= 15 is 0 Å². The molecule has 0 saturated carbocycles. The van der Waals surface area contributed by atoms with Gasteiger partial charge < -0.3 is 4.74 Å². The SMILES string of the molecule is COC(=O)Cc1ccc(C)c(C#N)c1CCl. The number of hydrogen-bond acceptors (Lipinski definition) is 3. The molecule has 1 rings (SSSR count). The number of aryl methyl sites for hydroxylation is 1. The zero-order valence-electron chi connectivity index (χ0n) is 9.21. The van der Waals surface area contributed by atoms with Crippen LogP contribution in [0.4, 0.5) is 0 Å². The molecule has 0 unspecified atom stereocenters. The second-order valence-electron chi connectivity index (χ2n) is 3.39. The number of nitriles is 1. The van der Waals surface area contributed by atoms with Gasteiger partial charge in [0.05, 0.1) is 25.2 Å². The molecule has 0 aromatic heterocycles. The second-order valence-corrected chi connectivity index (χ2v) is 3.66. The van der Waals surface area contributed by atoms with Crippen LogP contribution in [0, 0.1) is 18.3 Å². The van der Waals surface area contributed by atoms with E-state index < -0.39 is 0 Å². The van der Waals surface area contributed by atoms with E-state index in [1.54, 1.807) is 0 Å². The van der Waals surface area contributed by atoms with Gasteiger partial charge in [-0.05, 0) is 23.6 Å². The van der Waals surface area contributed by atoms with Crippen molar-refractivity contribution < 1.29 is 9.53 Å². The molecule has 84 valence electrons. The number of nitrogens with zero attached hydrogens (tertiary/aromatic N) is 1. The summed E-state index contributed by atoms with van der Waals surface area (Å²) < 4.78 is 4.59. The zero-order valence-corrected chi connectivity index (χ0v) is 9.97. The highest BCUT2D eigenvalue weighted by Gasteiger charge is 2.13. The summed E-state index contributed by atoms with van der Waals surface area (Å²) in [5.74, 6) is -0.115. The van der Waals surface area contributed by atoms with Gasteiger partial charge in [-0.1, -0.05) is 12.1 Å². The average molecular weight is 238 g/mol. The van der Waals surface area contributed by atoms with Gasteiger partial charge in [0.25, 0.3) is 0 Å².